The Kier molecular flexibility index (Phi) is 7.04. The van der Waals surface area contributed by atoms with Gasteiger partial charge < -0.3 is 24.6 Å². The van der Waals surface area contributed by atoms with E-state index in [1.165, 1.54) is 0 Å². The highest BCUT2D eigenvalue weighted by Crippen LogP contribution is 2.31. The van der Waals surface area contributed by atoms with Gasteiger partial charge in [-0.1, -0.05) is 0 Å². The smallest absolute Gasteiger partial charge is 0.255 e. The Morgan fingerprint density at radius 3 is 2.71 bits per heavy atom. The molecule has 0 spiro atoms. The first-order chi connectivity index (χ1) is 15.0. The van der Waals surface area contributed by atoms with Gasteiger partial charge in [-0.15, -0.1) is 0 Å². The molecule has 3 aliphatic heterocycles. The number of fused-ring (bicyclic) bond motifs is 1. The molecule has 4 heterocycles. The van der Waals surface area contributed by atoms with Crippen LogP contribution in [-0.2, 0) is 14.3 Å². The van der Waals surface area contributed by atoms with Gasteiger partial charge in [0.1, 0.15) is 5.82 Å². The van der Waals surface area contributed by atoms with Gasteiger partial charge in [0.2, 0.25) is 5.91 Å². The van der Waals surface area contributed by atoms with Crippen molar-refractivity contribution in [2.45, 2.75) is 25.8 Å². The summed E-state index contributed by atoms with van der Waals surface area (Å²) in [4.78, 5) is 36.1. The number of nitrogens with one attached hydrogen (secondary N) is 1. The van der Waals surface area contributed by atoms with Crippen molar-refractivity contribution in [1.82, 2.24) is 14.8 Å². The van der Waals surface area contributed by atoms with Gasteiger partial charge in [-0.05, 0) is 31.7 Å². The molecule has 1 unspecified atom stereocenters. The lowest BCUT2D eigenvalue weighted by Crippen LogP contribution is -2.47. The van der Waals surface area contributed by atoms with E-state index >= 15 is 0 Å². The van der Waals surface area contributed by atoms with Gasteiger partial charge in [-0.25, -0.2) is 4.98 Å². The number of ether oxygens (including phenoxy) is 2. The number of pyridine rings is 1. The zero-order chi connectivity index (χ0) is 21.8. The minimum atomic E-state index is -0.0838. The largest absolute Gasteiger partial charge is 0.381 e. The molecule has 1 N–H and O–H groups in total. The van der Waals surface area contributed by atoms with Crippen molar-refractivity contribution in [2.24, 2.45) is 5.92 Å². The third kappa shape index (κ3) is 5.16. The minimum Gasteiger partial charge on any atom is -0.381 e. The summed E-state index contributed by atoms with van der Waals surface area (Å²) in [5.74, 6) is 0.992. The summed E-state index contributed by atoms with van der Waals surface area (Å²) in [6, 6.07) is 2.06. The van der Waals surface area contributed by atoms with Crippen LogP contribution in [0, 0.1) is 5.92 Å². The van der Waals surface area contributed by atoms with E-state index in [0.29, 0.717) is 36.1 Å². The molecule has 0 bridgehead atoms. The van der Waals surface area contributed by atoms with Crippen molar-refractivity contribution >= 4 is 23.3 Å². The van der Waals surface area contributed by atoms with Crippen molar-refractivity contribution in [3.63, 3.8) is 0 Å². The first-order valence-electron chi connectivity index (χ1n) is 11.2. The molecular formula is C22H33N5O4. The lowest BCUT2D eigenvalue weighted by Gasteiger charge is -2.35. The summed E-state index contributed by atoms with van der Waals surface area (Å²) < 4.78 is 10.9. The number of hydrogen-bond donors (Lipinski definition) is 1. The monoisotopic (exact) mass is 431 g/mol. The Morgan fingerprint density at radius 1 is 1.26 bits per heavy atom. The van der Waals surface area contributed by atoms with Crippen LogP contribution in [0.15, 0.2) is 12.3 Å². The molecule has 0 saturated carbocycles. The Bertz CT molecular complexity index is 792. The first-order valence-corrected chi connectivity index (χ1v) is 11.2. The molecule has 2 saturated heterocycles. The summed E-state index contributed by atoms with van der Waals surface area (Å²) in [5.41, 5.74) is 1.20. The Morgan fingerprint density at radius 2 is 1.97 bits per heavy atom. The maximum absolute atomic E-state index is 13.1. The Labute approximate surface area is 183 Å². The zero-order valence-electron chi connectivity index (χ0n) is 18.5. The molecule has 1 atom stereocenters. The Balaban J connectivity index is 1.46. The van der Waals surface area contributed by atoms with Gasteiger partial charge in [0.15, 0.2) is 0 Å². The Hall–Kier alpha value is -2.23. The van der Waals surface area contributed by atoms with Crippen LogP contribution in [0.2, 0.25) is 0 Å². The van der Waals surface area contributed by atoms with Crippen LogP contribution < -0.4 is 10.2 Å². The van der Waals surface area contributed by atoms with Crippen LogP contribution in [0.1, 0.15) is 30.1 Å². The number of likely N-dealkylation sites (N-methyl/N-ethyl adjacent to an activating group) is 1. The topological polar surface area (TPSA) is 87.2 Å². The molecule has 170 valence electrons. The molecule has 2 fully saturated rings. The van der Waals surface area contributed by atoms with Crippen molar-refractivity contribution in [2.75, 3.05) is 76.4 Å². The van der Waals surface area contributed by atoms with Crippen LogP contribution in [0.4, 0.5) is 11.5 Å². The molecule has 4 rings (SSSR count). The minimum absolute atomic E-state index is 0.0136. The van der Waals surface area contributed by atoms with Gasteiger partial charge in [0, 0.05) is 58.7 Å². The number of rotatable bonds is 6. The highest BCUT2D eigenvalue weighted by atomic mass is 16.5. The summed E-state index contributed by atoms with van der Waals surface area (Å²) in [5, 5.41) is 3.08. The van der Waals surface area contributed by atoms with Gasteiger partial charge in [-0.3, -0.25) is 14.5 Å². The predicted molar refractivity (Wildman–Crippen MR) is 117 cm³/mol. The van der Waals surface area contributed by atoms with E-state index in [1.807, 2.05) is 13.1 Å². The predicted octanol–water partition coefficient (Wildman–Crippen LogP) is 1.06. The molecule has 31 heavy (non-hydrogen) atoms. The SMILES string of the molecule is CC(CN(C)C(=O)c1cnc2c(c1)N(CC1CCOCC1)C(=O)CN2)N1CCOCC1. The van der Waals surface area contributed by atoms with Gasteiger partial charge in [-0.2, -0.15) is 0 Å². The molecule has 0 aromatic carbocycles. The van der Waals surface area contributed by atoms with E-state index in [1.54, 1.807) is 16.0 Å². The average Bonchev–Trinajstić information content (AvgIpc) is 2.81. The van der Waals surface area contributed by atoms with Gasteiger partial charge in [0.25, 0.3) is 5.91 Å². The van der Waals surface area contributed by atoms with E-state index in [2.05, 4.69) is 22.1 Å². The zero-order valence-corrected chi connectivity index (χ0v) is 18.5. The van der Waals surface area contributed by atoms with Crippen LogP contribution in [0.25, 0.3) is 0 Å². The molecule has 1 aromatic heterocycles. The maximum Gasteiger partial charge on any atom is 0.255 e. The normalized spacial score (nSPS) is 21.4. The number of aromatic nitrogens is 1. The van der Waals surface area contributed by atoms with Crippen LogP contribution in [-0.4, -0.2) is 98.8 Å². The fourth-order valence-corrected chi connectivity index (χ4v) is 4.52. The number of amides is 2. The summed E-state index contributed by atoms with van der Waals surface area (Å²) in [6.07, 6.45) is 3.49. The molecule has 9 nitrogen and oxygen atoms in total. The summed E-state index contributed by atoms with van der Waals surface area (Å²) in [7, 11) is 1.82. The second-order valence-electron chi connectivity index (χ2n) is 8.69. The highest BCUT2D eigenvalue weighted by Gasteiger charge is 2.30. The molecule has 2 amide bonds. The quantitative estimate of drug-likeness (QED) is 0.721. The fourth-order valence-electron chi connectivity index (χ4n) is 4.52. The summed E-state index contributed by atoms with van der Waals surface area (Å²) >= 11 is 0. The van der Waals surface area contributed by atoms with Crippen molar-refractivity contribution in [1.29, 1.82) is 0 Å². The molecule has 0 radical (unpaired) electrons. The van der Waals surface area contributed by atoms with Gasteiger partial charge in [0.05, 0.1) is 31.0 Å². The number of carbonyl (C=O) groups is 2. The maximum atomic E-state index is 13.1. The molecular weight excluding hydrogens is 398 g/mol. The van der Waals surface area contributed by atoms with E-state index in [-0.39, 0.29) is 24.4 Å². The van der Waals surface area contributed by atoms with Gasteiger partial charge >= 0.3 is 0 Å². The second kappa shape index (κ2) is 9.93. The van der Waals surface area contributed by atoms with Crippen LogP contribution in [0.3, 0.4) is 0 Å². The number of anilines is 2. The van der Waals surface area contributed by atoms with Crippen LogP contribution in [0.5, 0.6) is 0 Å². The first kappa shape index (κ1) is 22.0. The van der Waals surface area contributed by atoms with E-state index < -0.39 is 0 Å². The lowest BCUT2D eigenvalue weighted by atomic mass is 9.99. The average molecular weight is 432 g/mol. The third-order valence-corrected chi connectivity index (χ3v) is 6.45. The standard InChI is InChI=1S/C22H33N5O4/c1-16(26-5-9-31-10-6-26)14-25(2)22(29)18-11-19-21(23-12-18)24-13-20(28)27(19)15-17-3-7-30-8-4-17/h11-12,16-17H,3-10,13-15H2,1-2H3,(H,23,24). The highest BCUT2D eigenvalue weighted by molar-refractivity contribution is 6.04. The van der Waals surface area contributed by atoms with Crippen molar-refractivity contribution in [3.8, 4) is 0 Å². The number of carbonyl (C=O) groups excluding carboxylic acids is 2. The van der Waals surface area contributed by atoms with Crippen LogP contribution >= 0.6 is 0 Å². The fraction of sp³-hybridized carbons (Fsp3) is 0.682. The number of nitrogens with zero attached hydrogens (tertiary/aromatic N) is 4. The molecule has 3 aliphatic rings. The third-order valence-electron chi connectivity index (χ3n) is 6.45. The molecule has 0 aliphatic carbocycles. The molecule has 1 aromatic rings. The van der Waals surface area contributed by atoms with E-state index in [4.69, 9.17) is 9.47 Å². The lowest BCUT2D eigenvalue weighted by molar-refractivity contribution is -0.117. The number of hydrogen-bond acceptors (Lipinski definition) is 7. The van der Waals surface area contributed by atoms with Crippen molar-refractivity contribution in [3.05, 3.63) is 17.8 Å². The number of morpholine rings is 1. The summed E-state index contributed by atoms with van der Waals surface area (Å²) in [6.45, 7) is 8.35. The molecule has 9 heteroatoms. The van der Waals surface area contributed by atoms with E-state index in [9.17, 15) is 9.59 Å². The second-order valence-corrected chi connectivity index (χ2v) is 8.69. The van der Waals surface area contributed by atoms with Crippen molar-refractivity contribution < 1.29 is 19.1 Å². The van der Waals surface area contributed by atoms with E-state index in [0.717, 1.165) is 52.4 Å².